The van der Waals surface area contributed by atoms with Crippen LogP contribution >= 0.6 is 0 Å². The van der Waals surface area contributed by atoms with Crippen LogP contribution in [0, 0.1) is 5.41 Å². The number of amides is 1. The number of hydrogen-bond donors (Lipinski definition) is 1. The van der Waals surface area contributed by atoms with Crippen LogP contribution in [0.25, 0.3) is 0 Å². The second kappa shape index (κ2) is 6.16. The summed E-state index contributed by atoms with van der Waals surface area (Å²) in [5, 5.41) is 2.42. The number of alkyl halides is 1. The van der Waals surface area contributed by atoms with E-state index in [-0.39, 0.29) is 17.8 Å². The number of nitrogens with zero attached hydrogens (tertiary/aromatic N) is 2. The molecule has 122 valence electrons. The second-order valence-electron chi connectivity index (χ2n) is 5.87. The predicted octanol–water partition coefficient (Wildman–Crippen LogP) is 2.26. The first-order chi connectivity index (χ1) is 10.3. The van der Waals surface area contributed by atoms with Crippen LogP contribution in [0.5, 0.6) is 0 Å². The Morgan fingerprint density at radius 2 is 2.23 bits per heavy atom. The summed E-state index contributed by atoms with van der Waals surface area (Å²) in [4.78, 5) is 26.8. The SMILES string of the molecule is CC[C@H]1O[C@H](n2ccc(NC(C)=O)nc2=O)[C@@H](F)[C@]1(C)CC. The van der Waals surface area contributed by atoms with Crippen molar-refractivity contribution in [1.29, 1.82) is 0 Å². The van der Waals surface area contributed by atoms with Crippen molar-refractivity contribution in [3.05, 3.63) is 22.7 Å². The second-order valence-corrected chi connectivity index (χ2v) is 5.87. The molecule has 0 aliphatic carbocycles. The summed E-state index contributed by atoms with van der Waals surface area (Å²) in [5.74, 6) is -0.179. The molecule has 1 aromatic heterocycles. The molecule has 0 aromatic carbocycles. The lowest BCUT2D eigenvalue weighted by Crippen LogP contribution is -2.36. The highest BCUT2D eigenvalue weighted by Gasteiger charge is 2.53. The van der Waals surface area contributed by atoms with E-state index in [9.17, 15) is 14.0 Å². The summed E-state index contributed by atoms with van der Waals surface area (Å²) < 4.78 is 21.8. The smallest absolute Gasteiger partial charge is 0.351 e. The van der Waals surface area contributed by atoms with E-state index >= 15 is 0 Å². The van der Waals surface area contributed by atoms with Gasteiger partial charge in [0.15, 0.2) is 12.4 Å². The molecular weight excluding hydrogens is 289 g/mol. The molecule has 4 atom stereocenters. The Balaban J connectivity index is 2.33. The minimum atomic E-state index is -1.30. The molecule has 1 N–H and O–H groups in total. The molecule has 1 fully saturated rings. The van der Waals surface area contributed by atoms with Gasteiger partial charge >= 0.3 is 5.69 Å². The zero-order chi connectivity index (χ0) is 16.5. The molecule has 1 aliphatic rings. The van der Waals surface area contributed by atoms with Crippen molar-refractivity contribution in [1.82, 2.24) is 9.55 Å². The number of ether oxygens (including phenoxy) is 1. The zero-order valence-corrected chi connectivity index (χ0v) is 13.3. The van der Waals surface area contributed by atoms with Gasteiger partial charge in [-0.3, -0.25) is 9.36 Å². The van der Waals surface area contributed by atoms with E-state index in [1.165, 1.54) is 19.2 Å². The van der Waals surface area contributed by atoms with Crippen LogP contribution in [-0.4, -0.2) is 27.7 Å². The molecule has 2 rings (SSSR count). The van der Waals surface area contributed by atoms with Gasteiger partial charge in [-0.2, -0.15) is 4.98 Å². The number of carbonyl (C=O) groups excluding carboxylic acids is 1. The number of nitrogens with one attached hydrogen (secondary N) is 1. The van der Waals surface area contributed by atoms with Gasteiger partial charge < -0.3 is 10.1 Å². The molecule has 1 aliphatic heterocycles. The number of rotatable bonds is 4. The summed E-state index contributed by atoms with van der Waals surface area (Å²) in [5.41, 5.74) is -1.27. The van der Waals surface area contributed by atoms with Gasteiger partial charge in [0, 0.05) is 18.5 Å². The molecule has 0 bridgehead atoms. The van der Waals surface area contributed by atoms with Crippen LogP contribution < -0.4 is 11.0 Å². The minimum absolute atomic E-state index is 0.146. The average Bonchev–Trinajstić information content (AvgIpc) is 2.71. The normalized spacial score (nSPS) is 31.2. The predicted molar refractivity (Wildman–Crippen MR) is 80.3 cm³/mol. The zero-order valence-electron chi connectivity index (χ0n) is 13.3. The molecule has 0 spiro atoms. The first-order valence-electron chi connectivity index (χ1n) is 7.49. The lowest BCUT2D eigenvalue weighted by molar-refractivity contribution is -0.114. The number of aromatic nitrogens is 2. The summed E-state index contributed by atoms with van der Waals surface area (Å²) in [6, 6.07) is 1.46. The van der Waals surface area contributed by atoms with Crippen molar-refractivity contribution in [2.45, 2.75) is 59.0 Å². The Morgan fingerprint density at radius 3 is 2.68 bits per heavy atom. The van der Waals surface area contributed by atoms with Gasteiger partial charge in [-0.15, -0.1) is 0 Å². The molecule has 22 heavy (non-hydrogen) atoms. The Hall–Kier alpha value is -1.76. The van der Waals surface area contributed by atoms with Gasteiger partial charge in [-0.1, -0.05) is 20.8 Å². The van der Waals surface area contributed by atoms with Gasteiger partial charge in [0.2, 0.25) is 5.91 Å². The van der Waals surface area contributed by atoms with Crippen molar-refractivity contribution < 1.29 is 13.9 Å². The van der Waals surface area contributed by atoms with E-state index in [1.807, 2.05) is 20.8 Å². The molecular formula is C15H22FN3O3. The molecule has 1 amide bonds. The standard InChI is InChI=1S/C15H22FN3O3/c1-5-10-15(4,6-2)12(16)13(22-10)19-8-7-11(17-9(3)20)18-14(19)21/h7-8,10,12-13H,5-6H2,1-4H3,(H,17,18,20,21)/t10-,12-,13+,15-/m1/s1. The lowest BCUT2D eigenvalue weighted by Gasteiger charge is -2.29. The maximum Gasteiger partial charge on any atom is 0.351 e. The van der Waals surface area contributed by atoms with Gasteiger partial charge in [-0.05, 0) is 18.9 Å². The van der Waals surface area contributed by atoms with Crippen molar-refractivity contribution in [3.63, 3.8) is 0 Å². The summed E-state index contributed by atoms with van der Waals surface area (Å²) in [6.45, 7) is 7.02. The van der Waals surface area contributed by atoms with Gasteiger partial charge in [0.25, 0.3) is 0 Å². The number of carbonyl (C=O) groups is 1. The highest BCUT2D eigenvalue weighted by Crippen LogP contribution is 2.48. The van der Waals surface area contributed by atoms with E-state index in [1.54, 1.807) is 0 Å². The third-order valence-electron chi connectivity index (χ3n) is 4.46. The summed E-state index contributed by atoms with van der Waals surface area (Å²) >= 11 is 0. The van der Waals surface area contributed by atoms with Crippen molar-refractivity contribution >= 4 is 11.7 Å². The van der Waals surface area contributed by atoms with Crippen LogP contribution in [0.2, 0.25) is 0 Å². The van der Waals surface area contributed by atoms with E-state index < -0.39 is 23.5 Å². The fraction of sp³-hybridized carbons (Fsp3) is 0.667. The quantitative estimate of drug-likeness (QED) is 0.925. The van der Waals surface area contributed by atoms with Crippen LogP contribution in [0.15, 0.2) is 17.1 Å². The summed E-state index contributed by atoms with van der Waals surface area (Å²) in [6.07, 6.45) is 0.170. The average molecular weight is 311 g/mol. The third-order valence-corrected chi connectivity index (χ3v) is 4.46. The first kappa shape index (κ1) is 16.6. The molecule has 0 saturated carbocycles. The number of anilines is 1. The Morgan fingerprint density at radius 1 is 1.55 bits per heavy atom. The number of halogens is 1. The fourth-order valence-electron chi connectivity index (χ4n) is 2.94. The monoisotopic (exact) mass is 311 g/mol. The topological polar surface area (TPSA) is 73.2 Å². The number of hydrogen-bond acceptors (Lipinski definition) is 4. The Labute approximate surface area is 128 Å². The molecule has 6 nitrogen and oxygen atoms in total. The Bertz CT molecular complexity index is 618. The molecule has 0 unspecified atom stereocenters. The lowest BCUT2D eigenvalue weighted by atomic mass is 9.78. The first-order valence-corrected chi connectivity index (χ1v) is 7.49. The third kappa shape index (κ3) is 2.77. The summed E-state index contributed by atoms with van der Waals surface area (Å²) in [7, 11) is 0. The maximum atomic E-state index is 14.9. The van der Waals surface area contributed by atoms with E-state index in [0.29, 0.717) is 12.8 Å². The Kier molecular flexibility index (Phi) is 4.65. The van der Waals surface area contributed by atoms with E-state index in [2.05, 4.69) is 10.3 Å². The molecule has 1 saturated heterocycles. The maximum absolute atomic E-state index is 14.9. The van der Waals surface area contributed by atoms with Crippen molar-refractivity contribution in [2.75, 3.05) is 5.32 Å². The molecule has 1 aromatic rings. The van der Waals surface area contributed by atoms with Crippen LogP contribution in [0.3, 0.4) is 0 Å². The highest BCUT2D eigenvalue weighted by molar-refractivity contribution is 5.87. The molecule has 0 radical (unpaired) electrons. The van der Waals surface area contributed by atoms with Crippen LogP contribution in [-0.2, 0) is 9.53 Å². The highest BCUT2D eigenvalue weighted by atomic mass is 19.1. The van der Waals surface area contributed by atoms with E-state index in [4.69, 9.17) is 4.74 Å². The van der Waals surface area contributed by atoms with Gasteiger partial charge in [0.05, 0.1) is 6.10 Å². The largest absolute Gasteiger partial charge is 0.351 e. The molecule has 2 heterocycles. The molecule has 7 heteroatoms. The van der Waals surface area contributed by atoms with Crippen LogP contribution in [0.1, 0.15) is 46.8 Å². The van der Waals surface area contributed by atoms with Crippen molar-refractivity contribution in [2.24, 2.45) is 5.41 Å². The van der Waals surface area contributed by atoms with E-state index in [0.717, 1.165) is 4.57 Å². The van der Waals surface area contributed by atoms with Crippen molar-refractivity contribution in [3.8, 4) is 0 Å². The minimum Gasteiger partial charge on any atom is -0.351 e. The van der Waals surface area contributed by atoms with Gasteiger partial charge in [-0.25, -0.2) is 9.18 Å². The van der Waals surface area contributed by atoms with Crippen LogP contribution in [0.4, 0.5) is 10.2 Å². The van der Waals surface area contributed by atoms with Gasteiger partial charge in [0.1, 0.15) is 5.82 Å². The fourth-order valence-corrected chi connectivity index (χ4v) is 2.94.